The van der Waals surface area contributed by atoms with E-state index in [1.807, 2.05) is 44.2 Å². The van der Waals surface area contributed by atoms with Crippen LogP contribution in [0.25, 0.3) is 0 Å². The molecule has 0 spiro atoms. The van der Waals surface area contributed by atoms with Crippen molar-refractivity contribution in [3.8, 4) is 0 Å². The van der Waals surface area contributed by atoms with Gasteiger partial charge in [-0.3, -0.25) is 4.79 Å². The van der Waals surface area contributed by atoms with E-state index in [2.05, 4.69) is 0 Å². The van der Waals surface area contributed by atoms with Gasteiger partial charge in [-0.25, -0.2) is 12.7 Å². The summed E-state index contributed by atoms with van der Waals surface area (Å²) in [5.74, 6) is -0.470. The average Bonchev–Trinajstić information content (AvgIpc) is 3.33. The quantitative estimate of drug-likeness (QED) is 0.568. The van der Waals surface area contributed by atoms with E-state index in [1.165, 1.54) is 0 Å². The van der Waals surface area contributed by atoms with Crippen LogP contribution in [-0.2, 0) is 25.3 Å². The van der Waals surface area contributed by atoms with Crippen LogP contribution in [-0.4, -0.2) is 36.4 Å². The maximum Gasteiger partial charge on any atom is 0.244 e. The number of sulfonamides is 1. The Bertz CT molecular complexity index is 888. The third-order valence-electron chi connectivity index (χ3n) is 5.71. The molecule has 6 heteroatoms. The fourth-order valence-electron chi connectivity index (χ4n) is 4.02. The number of amides is 1. The smallest absolute Gasteiger partial charge is 0.244 e. The molecule has 3 atom stereocenters. The van der Waals surface area contributed by atoms with Gasteiger partial charge in [-0.15, -0.1) is 0 Å². The monoisotopic (exact) mass is 373 g/mol. The first-order chi connectivity index (χ1) is 12.3. The molecule has 0 aromatic heterocycles. The van der Waals surface area contributed by atoms with Gasteiger partial charge in [0.2, 0.25) is 15.9 Å². The standard InChI is InChI=1S/C20H23NO4S/c1-19(2)16(11-13-20-12-7-6-10-17(20)25-20)21(18(19)22)26(23,24)14-15-8-4-3-5-9-15/h3-10,12,16-17H,11,13-14H2,1-2H3. The van der Waals surface area contributed by atoms with E-state index in [9.17, 15) is 13.2 Å². The van der Waals surface area contributed by atoms with Crippen molar-refractivity contribution in [1.82, 2.24) is 4.31 Å². The molecular weight excluding hydrogens is 350 g/mol. The average molecular weight is 373 g/mol. The highest BCUT2D eigenvalue weighted by Gasteiger charge is 2.61. The summed E-state index contributed by atoms with van der Waals surface area (Å²) >= 11 is 0. The van der Waals surface area contributed by atoms with Gasteiger partial charge in [-0.05, 0) is 38.3 Å². The van der Waals surface area contributed by atoms with Crippen molar-refractivity contribution in [2.45, 2.75) is 50.2 Å². The molecule has 0 N–H and O–H groups in total. The second-order valence-corrected chi connectivity index (χ2v) is 9.70. The molecule has 2 aliphatic heterocycles. The van der Waals surface area contributed by atoms with Crippen LogP contribution in [0.1, 0.15) is 32.3 Å². The molecule has 0 saturated carbocycles. The first-order valence-electron chi connectivity index (χ1n) is 8.91. The highest BCUT2D eigenvalue weighted by atomic mass is 32.2. The minimum atomic E-state index is -3.69. The van der Waals surface area contributed by atoms with E-state index < -0.39 is 15.4 Å². The lowest BCUT2D eigenvalue weighted by molar-refractivity contribution is -0.156. The third-order valence-corrected chi connectivity index (χ3v) is 7.43. The van der Waals surface area contributed by atoms with Gasteiger partial charge in [0.05, 0.1) is 17.2 Å². The zero-order chi connectivity index (χ0) is 18.6. The van der Waals surface area contributed by atoms with Gasteiger partial charge in [-0.1, -0.05) is 48.6 Å². The molecule has 5 nitrogen and oxygen atoms in total. The minimum Gasteiger partial charge on any atom is -0.357 e. The maximum absolute atomic E-state index is 12.9. The van der Waals surface area contributed by atoms with Crippen molar-refractivity contribution in [2.75, 3.05) is 0 Å². The topological polar surface area (TPSA) is 67.0 Å². The number of β-lactam (4-membered cyclic amide) rings is 1. The van der Waals surface area contributed by atoms with Crippen LogP contribution >= 0.6 is 0 Å². The molecule has 1 aromatic carbocycles. The van der Waals surface area contributed by atoms with E-state index in [0.717, 1.165) is 4.31 Å². The number of carbonyl (C=O) groups excluding carboxylic acids is 1. The van der Waals surface area contributed by atoms with Gasteiger partial charge >= 0.3 is 0 Å². The zero-order valence-electron chi connectivity index (χ0n) is 15.0. The zero-order valence-corrected chi connectivity index (χ0v) is 15.8. The number of ether oxygens (including phenoxy) is 1. The molecule has 3 unspecified atom stereocenters. The molecule has 4 rings (SSSR count). The van der Waals surface area contributed by atoms with E-state index >= 15 is 0 Å². The van der Waals surface area contributed by atoms with E-state index in [0.29, 0.717) is 18.4 Å². The van der Waals surface area contributed by atoms with Crippen molar-refractivity contribution in [3.63, 3.8) is 0 Å². The summed E-state index contributed by atoms with van der Waals surface area (Å²) < 4.78 is 32.6. The second-order valence-electron chi connectivity index (χ2n) is 7.86. The molecule has 3 aliphatic rings. The summed E-state index contributed by atoms with van der Waals surface area (Å²) in [5, 5.41) is 0. The highest BCUT2D eigenvalue weighted by Crippen LogP contribution is 2.49. The Morgan fingerprint density at radius 3 is 2.58 bits per heavy atom. The SMILES string of the molecule is CC1(C)C(=O)N(S(=O)(=O)Cc2ccccc2)C1CCC12C=CC=CC1O2. The number of rotatable bonds is 6. The first-order valence-corrected chi connectivity index (χ1v) is 10.5. The van der Waals surface area contributed by atoms with Crippen LogP contribution in [0, 0.1) is 5.41 Å². The summed E-state index contributed by atoms with van der Waals surface area (Å²) in [7, 11) is -3.69. The molecule has 2 heterocycles. The molecule has 1 amide bonds. The third kappa shape index (κ3) is 2.72. The van der Waals surface area contributed by atoms with Gasteiger partial charge in [0.15, 0.2) is 0 Å². The van der Waals surface area contributed by atoms with Crippen molar-refractivity contribution >= 4 is 15.9 Å². The van der Waals surface area contributed by atoms with Crippen LogP contribution in [0.15, 0.2) is 54.6 Å². The Hall–Kier alpha value is -1.92. The number of carbonyl (C=O) groups is 1. The Kier molecular flexibility index (Phi) is 3.90. The van der Waals surface area contributed by atoms with Gasteiger partial charge in [0.25, 0.3) is 0 Å². The summed E-state index contributed by atoms with van der Waals surface area (Å²) in [6.45, 7) is 3.65. The minimum absolute atomic E-state index is 0.0840. The number of benzene rings is 1. The van der Waals surface area contributed by atoms with Crippen molar-refractivity contribution < 1.29 is 17.9 Å². The molecule has 2 saturated heterocycles. The van der Waals surface area contributed by atoms with Gasteiger partial charge < -0.3 is 4.74 Å². The normalized spacial score (nSPS) is 31.5. The summed E-state index contributed by atoms with van der Waals surface area (Å²) in [6.07, 6.45) is 9.36. The number of nitrogens with zero attached hydrogens (tertiary/aromatic N) is 1. The van der Waals surface area contributed by atoms with Crippen LogP contribution in [0.4, 0.5) is 0 Å². The van der Waals surface area contributed by atoms with Crippen LogP contribution in [0.3, 0.4) is 0 Å². The maximum atomic E-state index is 12.9. The second kappa shape index (κ2) is 5.79. The molecular formula is C20H23NO4S. The Morgan fingerprint density at radius 1 is 1.15 bits per heavy atom. The lowest BCUT2D eigenvalue weighted by Crippen LogP contribution is -2.68. The number of hydrogen-bond donors (Lipinski definition) is 0. The number of epoxide rings is 1. The number of allylic oxidation sites excluding steroid dienone is 2. The molecule has 138 valence electrons. The Morgan fingerprint density at radius 2 is 1.88 bits per heavy atom. The predicted octanol–water partition coefficient (Wildman–Crippen LogP) is 2.80. The lowest BCUT2D eigenvalue weighted by Gasteiger charge is -2.52. The first kappa shape index (κ1) is 17.5. The van der Waals surface area contributed by atoms with Gasteiger partial charge in [0.1, 0.15) is 11.7 Å². The molecule has 0 radical (unpaired) electrons. The van der Waals surface area contributed by atoms with Gasteiger partial charge in [-0.2, -0.15) is 0 Å². The Labute approximate surface area is 154 Å². The summed E-state index contributed by atoms with van der Waals surface area (Å²) in [4.78, 5) is 12.6. The molecule has 26 heavy (non-hydrogen) atoms. The largest absolute Gasteiger partial charge is 0.357 e. The fraction of sp³-hybridized carbons (Fsp3) is 0.450. The van der Waals surface area contributed by atoms with Crippen molar-refractivity contribution in [3.05, 3.63) is 60.2 Å². The van der Waals surface area contributed by atoms with Crippen LogP contribution in [0.5, 0.6) is 0 Å². The number of hydrogen-bond acceptors (Lipinski definition) is 4. The van der Waals surface area contributed by atoms with Crippen molar-refractivity contribution in [2.24, 2.45) is 5.41 Å². The highest BCUT2D eigenvalue weighted by molar-refractivity contribution is 7.89. The number of fused-ring (bicyclic) bond motifs is 1. The van der Waals surface area contributed by atoms with E-state index in [4.69, 9.17) is 4.74 Å². The van der Waals surface area contributed by atoms with Crippen molar-refractivity contribution in [1.29, 1.82) is 0 Å². The molecule has 2 fully saturated rings. The lowest BCUT2D eigenvalue weighted by atomic mass is 9.73. The molecule has 0 bridgehead atoms. The summed E-state index contributed by atoms with van der Waals surface area (Å²) in [5.41, 5.74) is -0.287. The van der Waals surface area contributed by atoms with E-state index in [-0.39, 0.29) is 29.4 Å². The molecule has 1 aromatic rings. The predicted molar refractivity (Wildman–Crippen MR) is 98.6 cm³/mol. The summed E-state index contributed by atoms with van der Waals surface area (Å²) in [6, 6.07) is 8.65. The van der Waals surface area contributed by atoms with Crippen LogP contribution in [0.2, 0.25) is 0 Å². The van der Waals surface area contributed by atoms with Crippen LogP contribution < -0.4 is 0 Å². The fourth-order valence-corrected chi connectivity index (χ4v) is 6.01. The Balaban J connectivity index is 1.50. The molecule has 1 aliphatic carbocycles. The van der Waals surface area contributed by atoms with Gasteiger partial charge in [0, 0.05) is 0 Å². The van der Waals surface area contributed by atoms with E-state index in [1.54, 1.807) is 24.3 Å².